The molecule has 1 aliphatic heterocycles. The highest BCUT2D eigenvalue weighted by atomic mass is 35.5. The summed E-state index contributed by atoms with van der Waals surface area (Å²) in [6.45, 7) is 0. The predicted molar refractivity (Wildman–Crippen MR) is 112 cm³/mol. The zero-order chi connectivity index (χ0) is 21.4. The zero-order valence-electron chi connectivity index (χ0n) is 15.1. The maximum absolute atomic E-state index is 13.4. The number of carboxylic acid groups (broad SMARTS) is 1. The van der Waals surface area contributed by atoms with Gasteiger partial charge in [-0.3, -0.25) is 15.0 Å². The van der Waals surface area contributed by atoms with Crippen LogP contribution < -0.4 is 10.4 Å². The molecule has 1 aliphatic rings. The molecular weight excluding hydrogens is 431 g/mol. The number of anilines is 1. The van der Waals surface area contributed by atoms with Crippen molar-refractivity contribution in [3.8, 4) is 11.1 Å². The van der Waals surface area contributed by atoms with Gasteiger partial charge in [-0.05, 0) is 52.9 Å². The molecule has 0 unspecified atom stereocenters. The van der Waals surface area contributed by atoms with E-state index < -0.39 is 23.6 Å². The van der Waals surface area contributed by atoms with Crippen LogP contribution >= 0.6 is 22.9 Å². The summed E-state index contributed by atoms with van der Waals surface area (Å²) in [7, 11) is 0. The first kappa shape index (κ1) is 19.8. The Hall–Kier alpha value is -3.49. The van der Waals surface area contributed by atoms with Crippen molar-refractivity contribution in [2.24, 2.45) is 0 Å². The first-order chi connectivity index (χ1) is 14.3. The van der Waals surface area contributed by atoms with Crippen LogP contribution in [0.2, 0.25) is 5.02 Å². The van der Waals surface area contributed by atoms with E-state index in [-0.39, 0.29) is 21.2 Å². The molecule has 0 aliphatic carbocycles. The van der Waals surface area contributed by atoms with Gasteiger partial charge >= 0.3 is 5.97 Å². The molecule has 3 aromatic rings. The molecule has 150 valence electrons. The van der Waals surface area contributed by atoms with E-state index in [1.54, 1.807) is 35.7 Å². The Balaban J connectivity index is 1.67. The molecular formula is C21H12ClFN2O4S. The molecule has 1 aromatic heterocycles. The number of hydrogen-bond acceptors (Lipinski definition) is 4. The van der Waals surface area contributed by atoms with Gasteiger partial charge < -0.3 is 5.11 Å². The Bertz CT molecular complexity index is 1240. The van der Waals surface area contributed by atoms with Gasteiger partial charge in [-0.15, -0.1) is 11.3 Å². The third kappa shape index (κ3) is 3.58. The van der Waals surface area contributed by atoms with E-state index in [0.717, 1.165) is 22.4 Å². The number of thiophene rings is 1. The zero-order valence-corrected chi connectivity index (χ0v) is 16.6. The van der Waals surface area contributed by atoms with E-state index in [2.05, 4.69) is 5.43 Å². The molecule has 4 rings (SSSR count). The minimum Gasteiger partial charge on any atom is -0.477 e. The number of hydrogen-bond donors (Lipinski definition) is 2. The number of nitrogens with one attached hydrogen (secondary N) is 1. The first-order valence-electron chi connectivity index (χ1n) is 8.58. The van der Waals surface area contributed by atoms with Gasteiger partial charge in [-0.2, -0.15) is 0 Å². The van der Waals surface area contributed by atoms with E-state index in [9.17, 15) is 23.9 Å². The Morgan fingerprint density at radius 2 is 1.97 bits per heavy atom. The Morgan fingerprint density at radius 1 is 1.17 bits per heavy atom. The molecule has 1 fully saturated rings. The maximum Gasteiger partial charge on any atom is 0.346 e. The smallest absolute Gasteiger partial charge is 0.346 e. The summed E-state index contributed by atoms with van der Waals surface area (Å²) in [4.78, 5) is 36.7. The summed E-state index contributed by atoms with van der Waals surface area (Å²) >= 11 is 6.88. The lowest BCUT2D eigenvalue weighted by atomic mass is 10.0. The average Bonchev–Trinajstić information content (AvgIpc) is 3.31. The number of carboxylic acids is 1. The van der Waals surface area contributed by atoms with Crippen molar-refractivity contribution in [2.75, 3.05) is 5.01 Å². The fraction of sp³-hybridized carbons (Fsp3) is 0. The number of hydrazine groups is 1. The van der Waals surface area contributed by atoms with Gasteiger partial charge in [-0.25, -0.2) is 14.2 Å². The second kappa shape index (κ2) is 7.74. The molecule has 6 nitrogen and oxygen atoms in total. The normalized spacial score (nSPS) is 15.0. The van der Waals surface area contributed by atoms with Crippen molar-refractivity contribution < 1.29 is 23.9 Å². The summed E-state index contributed by atoms with van der Waals surface area (Å²) in [5.41, 5.74) is 4.28. The first-order valence-corrected chi connectivity index (χ1v) is 9.84. The molecule has 0 bridgehead atoms. The van der Waals surface area contributed by atoms with Gasteiger partial charge in [0.1, 0.15) is 16.3 Å². The van der Waals surface area contributed by atoms with Crippen molar-refractivity contribution in [3.63, 3.8) is 0 Å². The van der Waals surface area contributed by atoms with Gasteiger partial charge in [0, 0.05) is 5.56 Å². The Morgan fingerprint density at radius 3 is 2.70 bits per heavy atom. The standard InChI is InChI=1S/C21H12ClFN2O4S/c22-16-10-13(4-5-17(16)23)25-20(27)15(19(26)24-25)9-11-2-1-3-12(8-11)14-6-7-30-18(14)21(28)29/h1-10H,(H,24,26)(H,28,29). The molecule has 1 saturated heterocycles. The number of carbonyl (C=O) groups excluding carboxylic acids is 2. The van der Waals surface area contributed by atoms with E-state index in [4.69, 9.17) is 11.6 Å². The lowest BCUT2D eigenvalue weighted by Crippen LogP contribution is -2.35. The highest BCUT2D eigenvalue weighted by Crippen LogP contribution is 2.30. The number of halogens is 2. The van der Waals surface area contributed by atoms with Crippen LogP contribution in [0.15, 0.2) is 59.5 Å². The summed E-state index contributed by atoms with van der Waals surface area (Å²) in [5, 5.41) is 11.8. The highest BCUT2D eigenvalue weighted by molar-refractivity contribution is 7.12. The summed E-state index contributed by atoms with van der Waals surface area (Å²) in [5.74, 6) is -2.90. The van der Waals surface area contributed by atoms with Crippen molar-refractivity contribution in [2.45, 2.75) is 0 Å². The largest absolute Gasteiger partial charge is 0.477 e. The molecule has 0 spiro atoms. The van der Waals surface area contributed by atoms with Crippen LogP contribution in [-0.2, 0) is 9.59 Å². The maximum atomic E-state index is 13.4. The number of carbonyl (C=O) groups is 3. The monoisotopic (exact) mass is 442 g/mol. The third-order valence-corrected chi connectivity index (χ3v) is 5.61. The summed E-state index contributed by atoms with van der Waals surface area (Å²) in [6.07, 6.45) is 1.42. The molecule has 2 N–H and O–H groups in total. The van der Waals surface area contributed by atoms with Crippen molar-refractivity contribution in [3.05, 3.63) is 80.8 Å². The SMILES string of the molecule is O=C1NN(c2ccc(F)c(Cl)c2)C(=O)C1=Cc1cccc(-c2ccsc2C(=O)O)c1. The van der Waals surface area contributed by atoms with Gasteiger partial charge in [0.2, 0.25) is 0 Å². The fourth-order valence-electron chi connectivity index (χ4n) is 3.03. The van der Waals surface area contributed by atoms with E-state index in [1.165, 1.54) is 18.2 Å². The number of nitrogens with zero attached hydrogens (tertiary/aromatic N) is 1. The van der Waals surface area contributed by atoms with Crippen LogP contribution in [0.3, 0.4) is 0 Å². The predicted octanol–water partition coefficient (Wildman–Crippen LogP) is 4.37. The highest BCUT2D eigenvalue weighted by Gasteiger charge is 2.34. The molecule has 0 saturated carbocycles. The summed E-state index contributed by atoms with van der Waals surface area (Å²) < 4.78 is 13.4. The van der Waals surface area contributed by atoms with E-state index in [1.807, 2.05) is 0 Å². The topological polar surface area (TPSA) is 86.7 Å². The van der Waals surface area contributed by atoms with Crippen LogP contribution in [-0.4, -0.2) is 22.9 Å². The second-order valence-electron chi connectivity index (χ2n) is 6.33. The minimum absolute atomic E-state index is 0.114. The summed E-state index contributed by atoms with van der Waals surface area (Å²) in [6, 6.07) is 12.2. The van der Waals surface area contributed by atoms with Gasteiger partial charge in [-0.1, -0.05) is 29.8 Å². The minimum atomic E-state index is -1.03. The lowest BCUT2D eigenvalue weighted by molar-refractivity contribution is -0.117. The number of aromatic carboxylic acids is 1. The molecule has 30 heavy (non-hydrogen) atoms. The Kier molecular flexibility index (Phi) is 5.11. The molecule has 9 heteroatoms. The van der Waals surface area contributed by atoms with Crippen LogP contribution in [0.4, 0.5) is 10.1 Å². The van der Waals surface area contributed by atoms with Crippen LogP contribution in [0.1, 0.15) is 15.2 Å². The lowest BCUT2D eigenvalue weighted by Gasteiger charge is -2.14. The molecule has 2 amide bonds. The fourth-order valence-corrected chi connectivity index (χ4v) is 3.96. The average molecular weight is 443 g/mol. The van der Waals surface area contributed by atoms with Crippen LogP contribution in [0.5, 0.6) is 0 Å². The van der Waals surface area contributed by atoms with Crippen molar-refractivity contribution >= 4 is 52.5 Å². The second-order valence-corrected chi connectivity index (χ2v) is 7.66. The van der Waals surface area contributed by atoms with E-state index in [0.29, 0.717) is 16.7 Å². The molecule has 0 radical (unpaired) electrons. The number of benzene rings is 2. The number of amides is 2. The van der Waals surface area contributed by atoms with Crippen LogP contribution in [0, 0.1) is 5.82 Å². The van der Waals surface area contributed by atoms with Crippen molar-refractivity contribution in [1.82, 2.24) is 5.43 Å². The van der Waals surface area contributed by atoms with Crippen molar-refractivity contribution in [1.29, 1.82) is 0 Å². The molecule has 2 heterocycles. The van der Waals surface area contributed by atoms with Gasteiger partial charge in [0.15, 0.2) is 0 Å². The van der Waals surface area contributed by atoms with Crippen LogP contribution in [0.25, 0.3) is 17.2 Å². The van der Waals surface area contributed by atoms with Gasteiger partial charge in [0.05, 0.1) is 10.7 Å². The van der Waals surface area contributed by atoms with Gasteiger partial charge in [0.25, 0.3) is 11.8 Å². The molecule has 2 aromatic carbocycles. The van der Waals surface area contributed by atoms with E-state index >= 15 is 0 Å². The molecule has 0 atom stereocenters. The third-order valence-electron chi connectivity index (χ3n) is 4.42. The number of rotatable bonds is 4. The Labute approximate surface area is 178 Å². The quantitative estimate of drug-likeness (QED) is 0.464.